The van der Waals surface area contributed by atoms with Gasteiger partial charge in [-0.15, -0.1) is 0 Å². The molecule has 1 amide bonds. The number of nitrogens with zero attached hydrogens (tertiary/aromatic N) is 2. The molecule has 0 aliphatic carbocycles. The highest BCUT2D eigenvalue weighted by Gasteiger charge is 2.10. The third-order valence-corrected chi connectivity index (χ3v) is 2.47. The molecule has 0 fully saturated rings. The number of pyridine rings is 1. The van der Waals surface area contributed by atoms with Crippen LogP contribution in [0.5, 0.6) is 0 Å². The summed E-state index contributed by atoms with van der Waals surface area (Å²) in [4.78, 5) is 16.9. The molecule has 0 saturated carbocycles. The number of unbranched alkanes of at least 4 members (excludes halogenated alkanes) is 1. The van der Waals surface area contributed by atoms with E-state index in [1.54, 1.807) is 0 Å². The molecule has 0 unspecified atom stereocenters. The maximum atomic E-state index is 13.0. The van der Waals surface area contributed by atoms with E-state index in [1.807, 2.05) is 14.1 Å². The van der Waals surface area contributed by atoms with E-state index >= 15 is 0 Å². The minimum atomic E-state index is -0.604. The van der Waals surface area contributed by atoms with E-state index in [0.717, 1.165) is 25.6 Å². The quantitative estimate of drug-likeness (QED) is 0.759. The van der Waals surface area contributed by atoms with Crippen LogP contribution in [0.15, 0.2) is 12.3 Å². The van der Waals surface area contributed by atoms with Crippen molar-refractivity contribution in [3.8, 4) is 0 Å². The molecule has 0 saturated heterocycles. The average Bonchev–Trinajstić information content (AvgIpc) is 2.23. The minimum Gasteiger partial charge on any atom is -0.364 e. The van der Waals surface area contributed by atoms with Gasteiger partial charge in [0.05, 0.1) is 6.20 Å². The van der Waals surface area contributed by atoms with Crippen molar-refractivity contribution in [2.45, 2.75) is 19.3 Å². The van der Waals surface area contributed by atoms with Crippen molar-refractivity contribution in [1.82, 2.24) is 9.88 Å². The summed E-state index contributed by atoms with van der Waals surface area (Å²) < 4.78 is 13.0. The van der Waals surface area contributed by atoms with Gasteiger partial charge in [-0.05, 0) is 51.5 Å². The second-order valence-corrected chi connectivity index (χ2v) is 4.29. The van der Waals surface area contributed by atoms with Crippen LogP contribution in [-0.2, 0) is 6.42 Å². The summed E-state index contributed by atoms with van der Waals surface area (Å²) in [6.45, 7) is 0.967. The largest absolute Gasteiger partial charge is 0.364 e. The van der Waals surface area contributed by atoms with Gasteiger partial charge in [-0.1, -0.05) is 0 Å². The van der Waals surface area contributed by atoms with Crippen LogP contribution in [0.2, 0.25) is 0 Å². The van der Waals surface area contributed by atoms with Crippen molar-refractivity contribution in [2.75, 3.05) is 20.6 Å². The Balaban J connectivity index is 2.62. The van der Waals surface area contributed by atoms with Gasteiger partial charge in [0.25, 0.3) is 5.91 Å². The maximum Gasteiger partial charge on any atom is 0.267 e. The Morgan fingerprint density at radius 3 is 2.76 bits per heavy atom. The Bertz CT molecular complexity index is 393. The first kappa shape index (κ1) is 13.6. The lowest BCUT2D eigenvalue weighted by atomic mass is 10.1. The maximum absolute atomic E-state index is 13.0. The van der Waals surface area contributed by atoms with Crippen LogP contribution in [0.4, 0.5) is 4.39 Å². The number of hydrogen-bond acceptors (Lipinski definition) is 3. The lowest BCUT2D eigenvalue weighted by Crippen LogP contribution is -2.17. The molecule has 0 aromatic carbocycles. The summed E-state index contributed by atoms with van der Waals surface area (Å²) in [6, 6.07) is 1.34. The summed E-state index contributed by atoms with van der Waals surface area (Å²) in [6.07, 6.45) is 3.51. The van der Waals surface area contributed by atoms with Gasteiger partial charge in [-0.2, -0.15) is 0 Å². The summed E-state index contributed by atoms with van der Waals surface area (Å²) in [5.41, 5.74) is 5.96. The molecule has 0 bridgehead atoms. The van der Waals surface area contributed by atoms with Crippen molar-refractivity contribution in [1.29, 1.82) is 0 Å². The van der Waals surface area contributed by atoms with E-state index in [2.05, 4.69) is 9.88 Å². The molecule has 0 atom stereocenters. The first-order chi connectivity index (χ1) is 8.00. The number of hydrogen-bond donors (Lipinski definition) is 1. The van der Waals surface area contributed by atoms with Gasteiger partial charge < -0.3 is 10.6 Å². The summed E-state index contributed by atoms with van der Waals surface area (Å²) in [5, 5.41) is 0. The first-order valence-electron chi connectivity index (χ1n) is 5.59. The number of aryl methyl sites for hydroxylation is 1. The van der Waals surface area contributed by atoms with Crippen LogP contribution in [0.3, 0.4) is 0 Å². The fourth-order valence-corrected chi connectivity index (χ4v) is 1.64. The Kier molecular flexibility index (Phi) is 5.03. The van der Waals surface area contributed by atoms with Gasteiger partial charge in [-0.25, -0.2) is 9.37 Å². The summed E-state index contributed by atoms with van der Waals surface area (Å²) in [5.74, 6) is -1.04. The van der Waals surface area contributed by atoms with Crippen molar-refractivity contribution < 1.29 is 9.18 Å². The number of aromatic nitrogens is 1. The molecule has 1 aromatic heterocycles. The van der Waals surface area contributed by atoms with Gasteiger partial charge in [0.2, 0.25) is 0 Å². The van der Waals surface area contributed by atoms with Crippen molar-refractivity contribution >= 4 is 5.91 Å². The number of rotatable bonds is 6. The number of halogens is 1. The molecular weight excluding hydrogens is 221 g/mol. The molecule has 17 heavy (non-hydrogen) atoms. The highest BCUT2D eigenvalue weighted by atomic mass is 19.1. The fourth-order valence-electron chi connectivity index (χ4n) is 1.64. The van der Waals surface area contributed by atoms with E-state index in [9.17, 15) is 9.18 Å². The Morgan fingerprint density at radius 1 is 1.47 bits per heavy atom. The van der Waals surface area contributed by atoms with Crippen LogP contribution >= 0.6 is 0 Å². The van der Waals surface area contributed by atoms with Crippen molar-refractivity contribution in [3.05, 3.63) is 29.3 Å². The predicted molar refractivity (Wildman–Crippen MR) is 64.2 cm³/mol. The van der Waals surface area contributed by atoms with E-state index < -0.39 is 11.7 Å². The smallest absolute Gasteiger partial charge is 0.267 e. The molecule has 94 valence electrons. The van der Waals surface area contributed by atoms with Crippen LogP contribution in [-0.4, -0.2) is 36.4 Å². The zero-order valence-corrected chi connectivity index (χ0v) is 10.2. The molecular formula is C12H18FN3O. The Labute approximate surface area is 101 Å². The Hall–Kier alpha value is -1.49. The van der Waals surface area contributed by atoms with Gasteiger partial charge in [0.1, 0.15) is 11.5 Å². The third-order valence-electron chi connectivity index (χ3n) is 2.47. The van der Waals surface area contributed by atoms with Crippen molar-refractivity contribution in [3.63, 3.8) is 0 Å². The zero-order chi connectivity index (χ0) is 12.8. The second kappa shape index (κ2) is 6.30. The van der Waals surface area contributed by atoms with E-state index in [4.69, 9.17) is 5.73 Å². The lowest BCUT2D eigenvalue weighted by molar-refractivity contribution is 0.0994. The van der Waals surface area contributed by atoms with Crippen LogP contribution in [0.25, 0.3) is 0 Å². The van der Waals surface area contributed by atoms with Gasteiger partial charge in [0, 0.05) is 0 Å². The third kappa shape index (κ3) is 4.48. The van der Waals surface area contributed by atoms with E-state index in [0.29, 0.717) is 12.0 Å². The van der Waals surface area contributed by atoms with E-state index in [-0.39, 0.29) is 5.69 Å². The van der Waals surface area contributed by atoms with E-state index in [1.165, 1.54) is 6.07 Å². The molecule has 0 spiro atoms. The van der Waals surface area contributed by atoms with Gasteiger partial charge in [-0.3, -0.25) is 4.79 Å². The Morgan fingerprint density at radius 2 is 2.18 bits per heavy atom. The molecule has 1 rings (SSSR count). The number of primary amides is 1. The van der Waals surface area contributed by atoms with Crippen LogP contribution < -0.4 is 5.73 Å². The highest BCUT2D eigenvalue weighted by molar-refractivity contribution is 5.92. The fraction of sp³-hybridized carbons (Fsp3) is 0.500. The average molecular weight is 239 g/mol. The number of nitrogens with two attached hydrogens (primary N) is 1. The van der Waals surface area contributed by atoms with Gasteiger partial charge in [0.15, 0.2) is 0 Å². The summed E-state index contributed by atoms with van der Waals surface area (Å²) in [7, 11) is 4.00. The first-order valence-corrected chi connectivity index (χ1v) is 5.59. The summed E-state index contributed by atoms with van der Waals surface area (Å²) >= 11 is 0. The lowest BCUT2D eigenvalue weighted by Gasteiger charge is -2.09. The van der Waals surface area contributed by atoms with Gasteiger partial charge >= 0.3 is 0 Å². The molecule has 2 N–H and O–H groups in total. The normalized spacial score (nSPS) is 10.8. The molecule has 1 heterocycles. The second-order valence-electron chi connectivity index (χ2n) is 4.29. The number of amides is 1. The highest BCUT2D eigenvalue weighted by Crippen LogP contribution is 2.11. The molecule has 0 aliphatic rings. The van der Waals surface area contributed by atoms with Crippen molar-refractivity contribution in [2.24, 2.45) is 5.73 Å². The van der Waals surface area contributed by atoms with Crippen LogP contribution in [0, 0.1) is 5.82 Å². The molecule has 1 aromatic rings. The minimum absolute atomic E-state index is 0.177. The SMILES string of the molecule is CN(C)CCCCc1cc(F)cnc1C(N)=O. The molecule has 4 nitrogen and oxygen atoms in total. The zero-order valence-electron chi connectivity index (χ0n) is 10.2. The standard InChI is InChI=1S/C12H18FN3O/c1-16(2)6-4-3-5-9-7-10(13)8-15-11(9)12(14)17/h7-8H,3-6H2,1-2H3,(H2,14,17). The van der Waals surface area contributed by atoms with Crippen LogP contribution in [0.1, 0.15) is 28.9 Å². The number of carbonyl (C=O) groups is 1. The molecule has 0 radical (unpaired) electrons. The topological polar surface area (TPSA) is 59.2 Å². The molecule has 5 heteroatoms. The molecule has 0 aliphatic heterocycles. The predicted octanol–water partition coefficient (Wildman–Crippen LogP) is 1.20. The number of carbonyl (C=O) groups excluding carboxylic acids is 1. The monoisotopic (exact) mass is 239 g/mol.